The van der Waals surface area contributed by atoms with Crippen LogP contribution in [0.3, 0.4) is 0 Å². The average molecular weight is 413 g/mol. The lowest BCUT2D eigenvalue weighted by Crippen LogP contribution is -2.11. The standard InChI is InChI=1S/C26H28N4O/c1-2-6-25(22-9-11-24(12-10-22)31-23-7-4-3-5-8-23)28-26-16-20-30(29-26)19-15-21-13-17-27-18-14-21/h3-5,7-14,16-18,20,25H,2,6,15,19H2,1H3,(H,28,29). The van der Waals surface area contributed by atoms with Crippen molar-refractivity contribution in [2.24, 2.45) is 0 Å². The maximum atomic E-state index is 5.92. The number of nitrogens with zero attached hydrogens (tertiary/aromatic N) is 3. The third-order valence-electron chi connectivity index (χ3n) is 5.18. The van der Waals surface area contributed by atoms with E-state index in [2.05, 4.69) is 29.4 Å². The van der Waals surface area contributed by atoms with Gasteiger partial charge in [-0.3, -0.25) is 9.67 Å². The molecule has 0 spiro atoms. The topological polar surface area (TPSA) is 52.0 Å². The lowest BCUT2D eigenvalue weighted by Gasteiger charge is -2.19. The molecule has 5 nitrogen and oxygen atoms in total. The third kappa shape index (κ3) is 5.95. The number of nitrogens with one attached hydrogen (secondary N) is 1. The molecule has 2 aromatic carbocycles. The maximum Gasteiger partial charge on any atom is 0.148 e. The smallest absolute Gasteiger partial charge is 0.148 e. The molecule has 158 valence electrons. The van der Waals surface area contributed by atoms with Gasteiger partial charge in [0.15, 0.2) is 0 Å². The zero-order valence-electron chi connectivity index (χ0n) is 17.8. The summed E-state index contributed by atoms with van der Waals surface area (Å²) in [7, 11) is 0. The van der Waals surface area contributed by atoms with Crippen LogP contribution in [0.4, 0.5) is 5.82 Å². The molecule has 2 heterocycles. The van der Waals surface area contributed by atoms with Crippen LogP contribution in [0.1, 0.15) is 36.9 Å². The molecule has 4 aromatic rings. The van der Waals surface area contributed by atoms with E-state index in [-0.39, 0.29) is 6.04 Å². The van der Waals surface area contributed by atoms with Crippen molar-refractivity contribution in [2.75, 3.05) is 5.32 Å². The third-order valence-corrected chi connectivity index (χ3v) is 5.18. The zero-order valence-corrected chi connectivity index (χ0v) is 17.8. The molecule has 0 aliphatic carbocycles. The monoisotopic (exact) mass is 412 g/mol. The molecule has 1 N–H and O–H groups in total. The van der Waals surface area contributed by atoms with E-state index < -0.39 is 0 Å². The van der Waals surface area contributed by atoms with Crippen LogP contribution >= 0.6 is 0 Å². The van der Waals surface area contributed by atoms with Gasteiger partial charge in [-0.05, 0) is 60.4 Å². The number of ether oxygens (including phenoxy) is 1. The van der Waals surface area contributed by atoms with Gasteiger partial charge < -0.3 is 10.1 Å². The molecular weight excluding hydrogens is 384 g/mol. The summed E-state index contributed by atoms with van der Waals surface area (Å²) < 4.78 is 7.91. The van der Waals surface area contributed by atoms with E-state index in [0.29, 0.717) is 0 Å². The van der Waals surface area contributed by atoms with Gasteiger partial charge in [0.25, 0.3) is 0 Å². The summed E-state index contributed by atoms with van der Waals surface area (Å²) in [6, 6.07) is 24.5. The number of anilines is 1. The highest BCUT2D eigenvalue weighted by Gasteiger charge is 2.12. The van der Waals surface area contributed by atoms with Crippen molar-refractivity contribution in [3.8, 4) is 11.5 Å². The van der Waals surface area contributed by atoms with Crippen LogP contribution in [-0.2, 0) is 13.0 Å². The summed E-state index contributed by atoms with van der Waals surface area (Å²) in [6.07, 6.45) is 8.74. The molecule has 0 saturated carbocycles. The first-order valence-corrected chi connectivity index (χ1v) is 10.8. The predicted octanol–water partition coefficient (Wildman–Crippen LogP) is 6.27. The van der Waals surface area contributed by atoms with E-state index in [9.17, 15) is 0 Å². The molecule has 4 rings (SSSR count). The number of rotatable bonds is 10. The Morgan fingerprint density at radius 2 is 1.65 bits per heavy atom. The Hall–Kier alpha value is -3.60. The van der Waals surface area contributed by atoms with Crippen LogP contribution in [0.25, 0.3) is 0 Å². The summed E-state index contributed by atoms with van der Waals surface area (Å²) in [5.74, 6) is 2.58. The highest BCUT2D eigenvalue weighted by atomic mass is 16.5. The van der Waals surface area contributed by atoms with Crippen LogP contribution in [-0.4, -0.2) is 14.8 Å². The Morgan fingerprint density at radius 1 is 0.903 bits per heavy atom. The molecule has 0 fully saturated rings. The van der Waals surface area contributed by atoms with E-state index in [1.165, 1.54) is 11.1 Å². The molecule has 0 saturated heterocycles. The van der Waals surface area contributed by atoms with Crippen molar-refractivity contribution in [1.29, 1.82) is 0 Å². The predicted molar refractivity (Wildman–Crippen MR) is 124 cm³/mol. The maximum absolute atomic E-state index is 5.92. The molecule has 31 heavy (non-hydrogen) atoms. The fraction of sp³-hybridized carbons (Fsp3) is 0.231. The number of pyridine rings is 1. The van der Waals surface area contributed by atoms with Gasteiger partial charge in [-0.1, -0.05) is 43.7 Å². The fourth-order valence-electron chi connectivity index (χ4n) is 3.54. The SMILES string of the molecule is CCCC(Nc1ccn(CCc2ccncc2)n1)c1ccc(Oc2ccccc2)cc1. The molecular formula is C26H28N4O. The lowest BCUT2D eigenvalue weighted by atomic mass is 10.0. The van der Waals surface area contributed by atoms with Crippen molar-refractivity contribution in [3.63, 3.8) is 0 Å². The second kappa shape index (κ2) is 10.4. The van der Waals surface area contributed by atoms with Gasteiger partial charge in [0.05, 0.1) is 6.04 Å². The van der Waals surface area contributed by atoms with Crippen LogP contribution < -0.4 is 10.1 Å². The molecule has 5 heteroatoms. The van der Waals surface area contributed by atoms with E-state index in [1.54, 1.807) is 0 Å². The molecule has 1 unspecified atom stereocenters. The number of para-hydroxylation sites is 1. The number of hydrogen-bond donors (Lipinski definition) is 1. The minimum Gasteiger partial charge on any atom is -0.457 e. The van der Waals surface area contributed by atoms with E-state index >= 15 is 0 Å². The molecule has 0 amide bonds. The molecule has 1 atom stereocenters. The van der Waals surface area contributed by atoms with Crippen molar-refractivity contribution in [1.82, 2.24) is 14.8 Å². The Bertz CT molecular complexity index is 1050. The van der Waals surface area contributed by atoms with Crippen LogP contribution in [0.2, 0.25) is 0 Å². The van der Waals surface area contributed by atoms with E-state index in [0.717, 1.165) is 43.1 Å². The first-order chi connectivity index (χ1) is 15.3. The second-order valence-electron chi connectivity index (χ2n) is 7.54. The van der Waals surface area contributed by atoms with Gasteiger partial charge in [0, 0.05) is 31.2 Å². The van der Waals surface area contributed by atoms with Gasteiger partial charge >= 0.3 is 0 Å². The van der Waals surface area contributed by atoms with Crippen LogP contribution in [0, 0.1) is 0 Å². The minimum atomic E-state index is 0.208. The van der Waals surface area contributed by atoms with Crippen LogP contribution in [0.15, 0.2) is 91.4 Å². The average Bonchev–Trinajstić information content (AvgIpc) is 3.27. The van der Waals surface area contributed by atoms with Gasteiger partial charge in [-0.25, -0.2) is 0 Å². The number of aromatic nitrogens is 3. The summed E-state index contributed by atoms with van der Waals surface area (Å²) in [6.45, 7) is 3.05. The normalized spacial score (nSPS) is 11.8. The van der Waals surface area contributed by atoms with Crippen LogP contribution in [0.5, 0.6) is 11.5 Å². The highest BCUT2D eigenvalue weighted by molar-refractivity contribution is 5.40. The van der Waals surface area contributed by atoms with Gasteiger partial charge in [0.1, 0.15) is 17.3 Å². The summed E-state index contributed by atoms with van der Waals surface area (Å²) in [5, 5.41) is 8.31. The van der Waals surface area contributed by atoms with Gasteiger partial charge in [0.2, 0.25) is 0 Å². The lowest BCUT2D eigenvalue weighted by molar-refractivity contribution is 0.482. The van der Waals surface area contributed by atoms with E-state index in [4.69, 9.17) is 9.84 Å². The van der Waals surface area contributed by atoms with Gasteiger partial charge in [-0.2, -0.15) is 5.10 Å². The Morgan fingerprint density at radius 3 is 2.39 bits per heavy atom. The van der Waals surface area contributed by atoms with Crippen molar-refractivity contribution < 1.29 is 4.74 Å². The largest absolute Gasteiger partial charge is 0.457 e. The fourth-order valence-corrected chi connectivity index (χ4v) is 3.54. The number of aryl methyl sites for hydroxylation is 2. The molecule has 2 aromatic heterocycles. The number of benzene rings is 2. The second-order valence-corrected chi connectivity index (χ2v) is 7.54. The van der Waals surface area contributed by atoms with Crippen molar-refractivity contribution in [3.05, 3.63) is 103 Å². The zero-order chi connectivity index (χ0) is 21.3. The van der Waals surface area contributed by atoms with E-state index in [1.807, 2.05) is 83.9 Å². The molecule has 0 aliphatic heterocycles. The Balaban J connectivity index is 1.38. The minimum absolute atomic E-state index is 0.208. The molecule has 0 aliphatic rings. The summed E-state index contributed by atoms with van der Waals surface area (Å²) in [4.78, 5) is 4.07. The van der Waals surface area contributed by atoms with Crippen molar-refractivity contribution in [2.45, 2.75) is 38.8 Å². The summed E-state index contributed by atoms with van der Waals surface area (Å²) >= 11 is 0. The van der Waals surface area contributed by atoms with Gasteiger partial charge in [-0.15, -0.1) is 0 Å². The Kier molecular flexibility index (Phi) is 6.96. The van der Waals surface area contributed by atoms with Crippen molar-refractivity contribution >= 4 is 5.82 Å². The quantitative estimate of drug-likeness (QED) is 0.334. The first-order valence-electron chi connectivity index (χ1n) is 10.8. The Labute approximate surface area is 183 Å². The number of hydrogen-bond acceptors (Lipinski definition) is 4. The summed E-state index contributed by atoms with van der Waals surface area (Å²) in [5.41, 5.74) is 2.50. The molecule has 0 bridgehead atoms. The molecule has 0 radical (unpaired) electrons. The first kappa shape index (κ1) is 20.7. The highest BCUT2D eigenvalue weighted by Crippen LogP contribution is 2.27.